The lowest BCUT2D eigenvalue weighted by Crippen LogP contribution is -2.05. The number of imidazole rings is 1. The number of ether oxygens (including phenoxy) is 1. The number of H-pyrrole nitrogens is 2. The van der Waals surface area contributed by atoms with Crippen LogP contribution in [0.2, 0.25) is 0 Å². The van der Waals surface area contributed by atoms with Gasteiger partial charge in [-0.3, -0.25) is 0 Å². The molecule has 0 spiro atoms. The van der Waals surface area contributed by atoms with E-state index in [-0.39, 0.29) is 6.10 Å². The summed E-state index contributed by atoms with van der Waals surface area (Å²) in [5, 5.41) is 1.12. The number of fused-ring (bicyclic) bond motifs is 3. The van der Waals surface area contributed by atoms with Gasteiger partial charge in [0, 0.05) is 24.2 Å². The first-order valence-corrected chi connectivity index (χ1v) is 9.02. The van der Waals surface area contributed by atoms with E-state index in [0.717, 1.165) is 51.2 Å². The first-order valence-electron chi connectivity index (χ1n) is 9.02. The molecule has 2 N–H and O–H groups in total. The molecule has 0 aliphatic carbocycles. The lowest BCUT2D eigenvalue weighted by Gasteiger charge is -2.06. The highest BCUT2D eigenvalue weighted by atomic mass is 16.5. The molecule has 5 nitrogen and oxygen atoms in total. The van der Waals surface area contributed by atoms with Gasteiger partial charge in [-0.1, -0.05) is 24.3 Å². The maximum Gasteiger partial charge on any atom is 0.160 e. The monoisotopic (exact) mass is 352 g/mol. The fourth-order valence-electron chi connectivity index (χ4n) is 3.90. The lowest BCUT2D eigenvalue weighted by molar-refractivity contribution is 0.229. The van der Waals surface area contributed by atoms with Crippen LogP contribution in [0.15, 0.2) is 67.0 Å². The molecule has 6 rings (SSSR count). The third-order valence-electron chi connectivity index (χ3n) is 5.22. The Labute approximate surface area is 155 Å². The van der Waals surface area contributed by atoms with Gasteiger partial charge < -0.3 is 14.7 Å². The summed E-state index contributed by atoms with van der Waals surface area (Å²) >= 11 is 0. The van der Waals surface area contributed by atoms with E-state index in [4.69, 9.17) is 9.72 Å². The Bertz CT molecular complexity index is 1280. The third-order valence-corrected chi connectivity index (χ3v) is 5.22. The van der Waals surface area contributed by atoms with Gasteiger partial charge in [-0.25, -0.2) is 9.97 Å². The van der Waals surface area contributed by atoms with Gasteiger partial charge in [0.2, 0.25) is 0 Å². The molecule has 5 heteroatoms. The predicted octanol–water partition coefficient (Wildman–Crippen LogP) is 4.78. The Kier molecular flexibility index (Phi) is 2.94. The van der Waals surface area contributed by atoms with E-state index in [2.05, 4.69) is 45.3 Å². The molecule has 5 aromatic rings. The first-order chi connectivity index (χ1) is 13.3. The summed E-state index contributed by atoms with van der Waals surface area (Å²) in [7, 11) is 0. The van der Waals surface area contributed by atoms with Crippen molar-refractivity contribution in [3.63, 3.8) is 0 Å². The second kappa shape index (κ2) is 5.45. The van der Waals surface area contributed by atoms with E-state index in [9.17, 15) is 0 Å². The number of aromatic amines is 2. The summed E-state index contributed by atoms with van der Waals surface area (Å²) in [6.07, 6.45) is 4.54. The first kappa shape index (κ1) is 14.6. The van der Waals surface area contributed by atoms with Crippen molar-refractivity contribution in [3.8, 4) is 16.9 Å². The average molecular weight is 352 g/mol. The van der Waals surface area contributed by atoms with Crippen molar-refractivity contribution in [3.05, 3.63) is 78.4 Å². The molecule has 1 unspecified atom stereocenters. The number of rotatable bonds is 2. The van der Waals surface area contributed by atoms with E-state index >= 15 is 0 Å². The third kappa shape index (κ3) is 2.25. The Balaban J connectivity index is 1.41. The van der Waals surface area contributed by atoms with Crippen LogP contribution >= 0.6 is 0 Å². The molecule has 27 heavy (non-hydrogen) atoms. The number of nitrogens with one attached hydrogen (secondary N) is 2. The topological polar surface area (TPSA) is 66.6 Å². The van der Waals surface area contributed by atoms with Gasteiger partial charge in [0.15, 0.2) is 6.10 Å². The average Bonchev–Trinajstić information content (AvgIpc) is 3.43. The number of para-hydroxylation sites is 1. The van der Waals surface area contributed by atoms with E-state index in [1.54, 1.807) is 0 Å². The Morgan fingerprint density at radius 1 is 1.04 bits per heavy atom. The minimum absolute atomic E-state index is 0.0597. The van der Waals surface area contributed by atoms with Gasteiger partial charge in [-0.2, -0.15) is 0 Å². The van der Waals surface area contributed by atoms with Gasteiger partial charge in [0.05, 0.1) is 11.0 Å². The number of hydrogen-bond acceptors (Lipinski definition) is 3. The Morgan fingerprint density at radius 3 is 2.96 bits per heavy atom. The van der Waals surface area contributed by atoms with Crippen LogP contribution in [0.1, 0.15) is 17.5 Å². The Hall–Kier alpha value is -3.60. The minimum Gasteiger partial charge on any atom is -0.482 e. The van der Waals surface area contributed by atoms with Crippen molar-refractivity contribution in [1.29, 1.82) is 0 Å². The number of benzene rings is 2. The summed E-state index contributed by atoms with van der Waals surface area (Å²) in [5.41, 5.74) is 6.39. The van der Waals surface area contributed by atoms with Crippen LogP contribution in [0.4, 0.5) is 0 Å². The van der Waals surface area contributed by atoms with Crippen molar-refractivity contribution in [2.45, 2.75) is 12.5 Å². The van der Waals surface area contributed by atoms with Crippen LogP contribution in [0.3, 0.4) is 0 Å². The molecule has 1 aliphatic heterocycles. The van der Waals surface area contributed by atoms with Crippen molar-refractivity contribution in [2.75, 3.05) is 0 Å². The summed E-state index contributed by atoms with van der Waals surface area (Å²) in [5.74, 6) is 1.83. The predicted molar refractivity (Wildman–Crippen MR) is 105 cm³/mol. The van der Waals surface area contributed by atoms with E-state index in [1.165, 1.54) is 5.56 Å². The number of pyridine rings is 1. The maximum atomic E-state index is 6.08. The molecule has 0 saturated heterocycles. The zero-order valence-corrected chi connectivity index (χ0v) is 14.4. The molecule has 2 aromatic carbocycles. The quantitative estimate of drug-likeness (QED) is 0.480. The molecular formula is C22H16N4O. The molecule has 0 fully saturated rings. The lowest BCUT2D eigenvalue weighted by atomic mass is 10.0. The summed E-state index contributed by atoms with van der Waals surface area (Å²) in [6, 6.07) is 18.6. The van der Waals surface area contributed by atoms with E-state index in [0.29, 0.717) is 0 Å². The SMILES string of the molecule is c1ccc2c(c1)CC(c1nc3ccc(-c4ccnc5[nH]ccc45)cc3[nH]1)O2. The van der Waals surface area contributed by atoms with E-state index in [1.807, 2.05) is 36.7 Å². The standard InChI is InChI=1S/C22H16N4O/c1-2-4-19-14(3-1)12-20(27-19)22-25-17-6-5-13(11-18(17)26-22)15-7-9-23-21-16(15)8-10-24-21/h1-11,20H,12H2,(H,23,24)(H,25,26). The number of hydrogen-bond donors (Lipinski definition) is 2. The van der Waals surface area contributed by atoms with Crippen molar-refractivity contribution in [1.82, 2.24) is 19.9 Å². The molecule has 0 saturated carbocycles. The molecule has 0 bridgehead atoms. The summed E-state index contributed by atoms with van der Waals surface area (Å²) in [4.78, 5) is 15.8. The zero-order chi connectivity index (χ0) is 17.8. The molecule has 3 aromatic heterocycles. The Morgan fingerprint density at radius 2 is 2.00 bits per heavy atom. The minimum atomic E-state index is -0.0597. The van der Waals surface area contributed by atoms with Crippen molar-refractivity contribution >= 4 is 22.1 Å². The maximum absolute atomic E-state index is 6.08. The van der Waals surface area contributed by atoms with Crippen LogP contribution in [0, 0.1) is 0 Å². The molecule has 0 amide bonds. The fraction of sp³-hybridized carbons (Fsp3) is 0.0909. The molecule has 1 aliphatic rings. The van der Waals surface area contributed by atoms with Crippen LogP contribution in [-0.4, -0.2) is 19.9 Å². The van der Waals surface area contributed by atoms with Gasteiger partial charge in [-0.15, -0.1) is 0 Å². The summed E-state index contributed by atoms with van der Waals surface area (Å²) in [6.45, 7) is 0. The number of aromatic nitrogens is 4. The summed E-state index contributed by atoms with van der Waals surface area (Å²) < 4.78 is 6.08. The van der Waals surface area contributed by atoms with Gasteiger partial charge in [0.1, 0.15) is 17.2 Å². The zero-order valence-electron chi connectivity index (χ0n) is 14.4. The molecule has 130 valence electrons. The second-order valence-corrected chi connectivity index (χ2v) is 6.87. The smallest absolute Gasteiger partial charge is 0.160 e. The second-order valence-electron chi connectivity index (χ2n) is 6.87. The van der Waals surface area contributed by atoms with Crippen molar-refractivity contribution < 1.29 is 4.74 Å². The number of nitrogens with zero attached hydrogens (tertiary/aromatic N) is 2. The van der Waals surface area contributed by atoms with Crippen molar-refractivity contribution in [2.24, 2.45) is 0 Å². The molecular weight excluding hydrogens is 336 g/mol. The molecule has 0 radical (unpaired) electrons. The highest BCUT2D eigenvalue weighted by Gasteiger charge is 2.26. The fourth-order valence-corrected chi connectivity index (χ4v) is 3.90. The molecule has 1 atom stereocenters. The van der Waals surface area contributed by atoms with Crippen LogP contribution in [-0.2, 0) is 6.42 Å². The normalized spacial score (nSPS) is 15.9. The van der Waals surface area contributed by atoms with Gasteiger partial charge in [-0.05, 0) is 47.0 Å². The van der Waals surface area contributed by atoms with Crippen LogP contribution in [0.5, 0.6) is 5.75 Å². The van der Waals surface area contributed by atoms with Crippen LogP contribution < -0.4 is 4.74 Å². The van der Waals surface area contributed by atoms with E-state index < -0.39 is 0 Å². The van der Waals surface area contributed by atoms with Gasteiger partial charge >= 0.3 is 0 Å². The largest absolute Gasteiger partial charge is 0.482 e. The molecule has 4 heterocycles. The highest BCUT2D eigenvalue weighted by Crippen LogP contribution is 2.36. The van der Waals surface area contributed by atoms with Gasteiger partial charge in [0.25, 0.3) is 0 Å². The van der Waals surface area contributed by atoms with Crippen LogP contribution in [0.25, 0.3) is 33.2 Å². The highest BCUT2D eigenvalue weighted by molar-refractivity contribution is 5.95.